The normalized spacial score (nSPS) is 11.5. The molecule has 11 heteroatoms. The van der Waals surface area contributed by atoms with Crippen LogP contribution in [0.15, 0.2) is 47.4 Å². The molecule has 0 radical (unpaired) electrons. The minimum atomic E-state index is -5.16. The molecule has 0 bridgehead atoms. The monoisotopic (exact) mass is 489 g/mol. The molecule has 1 N–H and O–H groups in total. The van der Waals surface area contributed by atoms with Crippen LogP contribution in [0.25, 0.3) is 22.4 Å². The molecule has 0 aliphatic rings. The molecule has 1 heterocycles. The van der Waals surface area contributed by atoms with Gasteiger partial charge in [0.05, 0.1) is 15.7 Å². The standard InChI is InChI=1S/C21H13Cl2F4NO4/c1-2-28-9-12(11-4-3-5-15(17(11)24)32-21(25,26)27)19(29)16(20(30)31)18(28)10-6-7-13(22)14(23)8-10/h3-9H,2H2,1H3,(H,30,31). The number of benzene rings is 2. The number of alkyl halides is 3. The smallest absolute Gasteiger partial charge is 0.477 e. The van der Waals surface area contributed by atoms with Gasteiger partial charge in [-0.1, -0.05) is 41.4 Å². The maximum Gasteiger partial charge on any atom is 0.573 e. The number of aryl methyl sites for hydroxylation is 1. The Hall–Kier alpha value is -3.04. The van der Waals surface area contributed by atoms with Gasteiger partial charge >= 0.3 is 12.3 Å². The summed E-state index contributed by atoms with van der Waals surface area (Å²) in [5, 5.41) is 10.1. The van der Waals surface area contributed by atoms with Crippen molar-refractivity contribution < 1.29 is 32.2 Å². The Balaban J connectivity index is 2.33. The number of hydrogen-bond acceptors (Lipinski definition) is 3. The lowest BCUT2D eigenvalue weighted by atomic mass is 9.98. The van der Waals surface area contributed by atoms with Crippen molar-refractivity contribution in [3.8, 4) is 28.1 Å². The zero-order valence-electron chi connectivity index (χ0n) is 16.1. The number of nitrogens with zero attached hydrogens (tertiary/aromatic N) is 1. The highest BCUT2D eigenvalue weighted by Gasteiger charge is 2.33. The van der Waals surface area contributed by atoms with Crippen molar-refractivity contribution in [3.63, 3.8) is 0 Å². The van der Waals surface area contributed by atoms with Gasteiger partial charge in [-0.05, 0) is 25.1 Å². The van der Waals surface area contributed by atoms with Gasteiger partial charge < -0.3 is 14.4 Å². The van der Waals surface area contributed by atoms with Crippen molar-refractivity contribution >= 4 is 29.2 Å². The van der Waals surface area contributed by atoms with E-state index < -0.39 is 46.0 Å². The number of aromatic carboxylic acids is 1. The molecule has 0 saturated heterocycles. The van der Waals surface area contributed by atoms with Crippen LogP contribution >= 0.6 is 23.2 Å². The van der Waals surface area contributed by atoms with E-state index in [0.717, 1.165) is 18.2 Å². The fourth-order valence-electron chi connectivity index (χ4n) is 3.18. The van der Waals surface area contributed by atoms with E-state index in [-0.39, 0.29) is 27.8 Å². The molecule has 0 saturated carbocycles. The predicted molar refractivity (Wildman–Crippen MR) is 111 cm³/mol. The molecule has 168 valence electrons. The summed E-state index contributed by atoms with van der Waals surface area (Å²) in [6, 6.07) is 7.10. The summed E-state index contributed by atoms with van der Waals surface area (Å²) in [4.78, 5) is 25.1. The van der Waals surface area contributed by atoms with E-state index in [4.69, 9.17) is 23.2 Å². The van der Waals surface area contributed by atoms with Crippen molar-refractivity contribution in [1.82, 2.24) is 4.57 Å². The number of aromatic nitrogens is 1. The van der Waals surface area contributed by atoms with E-state index in [9.17, 15) is 32.3 Å². The molecule has 0 unspecified atom stereocenters. The second-order valence-electron chi connectivity index (χ2n) is 6.48. The van der Waals surface area contributed by atoms with Gasteiger partial charge in [0.25, 0.3) is 0 Å². The van der Waals surface area contributed by atoms with Crippen LogP contribution in [-0.2, 0) is 6.54 Å². The molecule has 0 aliphatic heterocycles. The third-order valence-electron chi connectivity index (χ3n) is 4.51. The van der Waals surface area contributed by atoms with E-state index in [2.05, 4.69) is 4.74 Å². The van der Waals surface area contributed by atoms with Crippen LogP contribution in [0.4, 0.5) is 17.6 Å². The molecule has 3 rings (SSSR count). The lowest BCUT2D eigenvalue weighted by Gasteiger charge is -2.18. The predicted octanol–water partition coefficient (Wildman–Crippen LogP) is 6.24. The number of pyridine rings is 1. The number of carboxylic acids is 1. The Labute approximate surface area is 188 Å². The van der Waals surface area contributed by atoms with Gasteiger partial charge in [0.1, 0.15) is 5.56 Å². The molecule has 0 spiro atoms. The molecule has 0 aliphatic carbocycles. The largest absolute Gasteiger partial charge is 0.573 e. The summed E-state index contributed by atoms with van der Waals surface area (Å²) in [5.41, 5.74) is -2.54. The minimum absolute atomic E-state index is 0.0181. The number of hydrogen-bond donors (Lipinski definition) is 1. The van der Waals surface area contributed by atoms with Crippen molar-refractivity contribution in [2.45, 2.75) is 19.8 Å². The maximum absolute atomic E-state index is 14.8. The van der Waals surface area contributed by atoms with Crippen molar-refractivity contribution in [2.75, 3.05) is 0 Å². The summed E-state index contributed by atoms with van der Waals surface area (Å²) in [7, 11) is 0. The maximum atomic E-state index is 14.8. The van der Waals surface area contributed by atoms with E-state index in [1.165, 1.54) is 29.0 Å². The second-order valence-corrected chi connectivity index (χ2v) is 7.30. The first kappa shape index (κ1) is 23.6. The fraction of sp³-hybridized carbons (Fsp3) is 0.143. The SMILES string of the molecule is CCn1cc(-c2cccc(OC(F)(F)F)c2F)c(=O)c(C(=O)O)c1-c1ccc(Cl)c(Cl)c1. The highest BCUT2D eigenvalue weighted by molar-refractivity contribution is 6.42. The first-order valence-corrected chi connectivity index (χ1v) is 9.71. The van der Waals surface area contributed by atoms with Crippen LogP contribution in [0.5, 0.6) is 5.75 Å². The second kappa shape index (κ2) is 8.84. The highest BCUT2D eigenvalue weighted by Crippen LogP contribution is 2.34. The van der Waals surface area contributed by atoms with E-state index in [0.29, 0.717) is 0 Å². The van der Waals surface area contributed by atoms with Gasteiger partial charge in [-0.2, -0.15) is 0 Å². The first-order valence-electron chi connectivity index (χ1n) is 8.95. The zero-order valence-corrected chi connectivity index (χ0v) is 17.6. The van der Waals surface area contributed by atoms with E-state index in [1.807, 2.05) is 0 Å². The third kappa shape index (κ3) is 4.58. The summed E-state index contributed by atoms with van der Waals surface area (Å²) < 4.78 is 57.5. The quantitative estimate of drug-likeness (QED) is 0.430. The van der Waals surface area contributed by atoms with Crippen LogP contribution < -0.4 is 10.2 Å². The molecule has 32 heavy (non-hydrogen) atoms. The van der Waals surface area contributed by atoms with Crippen LogP contribution in [-0.4, -0.2) is 22.0 Å². The van der Waals surface area contributed by atoms with Gasteiger partial charge in [-0.15, -0.1) is 13.2 Å². The summed E-state index contributed by atoms with van der Waals surface area (Å²) >= 11 is 11.9. The van der Waals surface area contributed by atoms with E-state index in [1.54, 1.807) is 6.92 Å². The molecule has 0 atom stereocenters. The van der Waals surface area contributed by atoms with Crippen molar-refractivity contribution in [3.05, 3.63) is 74.2 Å². The van der Waals surface area contributed by atoms with Gasteiger partial charge in [-0.25, -0.2) is 9.18 Å². The Morgan fingerprint density at radius 1 is 1.12 bits per heavy atom. The molecular weight excluding hydrogens is 477 g/mol. The number of ether oxygens (including phenoxy) is 1. The lowest BCUT2D eigenvalue weighted by Crippen LogP contribution is -2.23. The average Bonchev–Trinajstić information content (AvgIpc) is 2.70. The first-order chi connectivity index (χ1) is 14.9. The Kier molecular flexibility index (Phi) is 6.52. The number of rotatable bonds is 5. The number of carboxylic acid groups (broad SMARTS) is 1. The molecule has 0 fully saturated rings. The molecule has 3 aromatic rings. The van der Waals surface area contributed by atoms with Gasteiger partial charge in [-0.3, -0.25) is 4.79 Å². The Bertz CT molecular complexity index is 1270. The highest BCUT2D eigenvalue weighted by atomic mass is 35.5. The van der Waals surface area contributed by atoms with Crippen molar-refractivity contribution in [1.29, 1.82) is 0 Å². The minimum Gasteiger partial charge on any atom is -0.477 e. The topological polar surface area (TPSA) is 68.5 Å². The Morgan fingerprint density at radius 2 is 1.81 bits per heavy atom. The van der Waals surface area contributed by atoms with Gasteiger partial charge in [0, 0.05) is 29.4 Å². The Morgan fingerprint density at radius 3 is 2.38 bits per heavy atom. The fourth-order valence-corrected chi connectivity index (χ4v) is 3.48. The summed E-state index contributed by atoms with van der Waals surface area (Å²) in [5.74, 6) is -4.21. The van der Waals surface area contributed by atoms with Crippen LogP contribution in [0.1, 0.15) is 17.3 Å². The molecule has 5 nitrogen and oxygen atoms in total. The number of halogens is 6. The van der Waals surface area contributed by atoms with Crippen LogP contribution in [0.2, 0.25) is 10.0 Å². The molecular formula is C21H13Cl2F4NO4. The van der Waals surface area contributed by atoms with Crippen LogP contribution in [0, 0.1) is 5.82 Å². The van der Waals surface area contributed by atoms with Gasteiger partial charge in [0.15, 0.2) is 11.6 Å². The molecule has 0 amide bonds. The third-order valence-corrected chi connectivity index (χ3v) is 5.25. The van der Waals surface area contributed by atoms with E-state index >= 15 is 0 Å². The zero-order chi connectivity index (χ0) is 23.8. The molecule has 1 aromatic heterocycles. The lowest BCUT2D eigenvalue weighted by molar-refractivity contribution is -0.275. The number of carbonyl (C=O) groups is 1. The average molecular weight is 490 g/mol. The van der Waals surface area contributed by atoms with Gasteiger partial charge in [0.2, 0.25) is 5.43 Å². The summed E-state index contributed by atoms with van der Waals surface area (Å²) in [6.45, 7) is 1.78. The summed E-state index contributed by atoms with van der Waals surface area (Å²) in [6.07, 6.45) is -3.99. The molecule has 2 aromatic carbocycles. The van der Waals surface area contributed by atoms with Crippen molar-refractivity contribution in [2.24, 2.45) is 0 Å². The van der Waals surface area contributed by atoms with Crippen LogP contribution in [0.3, 0.4) is 0 Å².